The first kappa shape index (κ1) is 21.3. The first-order valence-corrected chi connectivity index (χ1v) is 11.9. The zero-order valence-corrected chi connectivity index (χ0v) is 18.3. The highest BCUT2D eigenvalue weighted by Gasteiger charge is 2.25. The lowest BCUT2D eigenvalue weighted by molar-refractivity contribution is 0.102. The van der Waals surface area contributed by atoms with E-state index in [1.807, 2.05) is 37.3 Å². The lowest BCUT2D eigenvalue weighted by Crippen LogP contribution is -2.32. The van der Waals surface area contributed by atoms with Gasteiger partial charge in [0.25, 0.3) is 5.91 Å². The van der Waals surface area contributed by atoms with Crippen LogP contribution in [0.5, 0.6) is 0 Å². The number of aromatic nitrogens is 2. The minimum absolute atomic E-state index is 0.193. The number of nitrogens with zero attached hydrogens (tertiary/aromatic N) is 3. The van der Waals surface area contributed by atoms with Gasteiger partial charge in [0.2, 0.25) is 10.0 Å². The number of aryl methyl sites for hydroxylation is 1. The number of hydrogen-bond acceptors (Lipinski definition) is 4. The molecule has 0 unspecified atom stereocenters. The summed E-state index contributed by atoms with van der Waals surface area (Å²) >= 11 is 0. The Morgan fingerprint density at radius 1 is 0.935 bits per heavy atom. The normalized spacial score (nSPS) is 15.4. The first-order valence-electron chi connectivity index (χ1n) is 10.5. The summed E-state index contributed by atoms with van der Waals surface area (Å²) in [7, 11) is -3.58. The molecular weight excluding hydrogens is 412 g/mol. The molecule has 0 radical (unpaired) electrons. The van der Waals surface area contributed by atoms with Crippen LogP contribution in [0.1, 0.15) is 41.9 Å². The summed E-state index contributed by atoms with van der Waals surface area (Å²) < 4.78 is 29.4. The second kappa shape index (κ2) is 9.03. The van der Waals surface area contributed by atoms with E-state index < -0.39 is 10.0 Å². The van der Waals surface area contributed by atoms with E-state index in [-0.39, 0.29) is 16.5 Å². The Balaban J connectivity index is 1.53. The predicted molar refractivity (Wildman–Crippen MR) is 120 cm³/mol. The van der Waals surface area contributed by atoms with Gasteiger partial charge in [0.1, 0.15) is 0 Å². The van der Waals surface area contributed by atoms with Crippen LogP contribution in [0, 0.1) is 6.92 Å². The number of hydrogen-bond donors (Lipinski definition) is 1. The van der Waals surface area contributed by atoms with E-state index in [1.54, 1.807) is 33.3 Å². The van der Waals surface area contributed by atoms with Crippen LogP contribution in [0.4, 0.5) is 5.69 Å². The van der Waals surface area contributed by atoms with Gasteiger partial charge in [0.05, 0.1) is 10.6 Å². The zero-order chi connectivity index (χ0) is 21.8. The van der Waals surface area contributed by atoms with Gasteiger partial charge in [-0.1, -0.05) is 37.1 Å². The van der Waals surface area contributed by atoms with Crippen molar-refractivity contribution in [3.8, 4) is 5.69 Å². The van der Waals surface area contributed by atoms with Gasteiger partial charge in [-0.3, -0.25) is 4.79 Å². The number of benzene rings is 2. The van der Waals surface area contributed by atoms with Gasteiger partial charge in [-0.15, -0.1) is 0 Å². The molecule has 1 saturated heterocycles. The van der Waals surface area contributed by atoms with E-state index in [0.717, 1.165) is 37.1 Å². The van der Waals surface area contributed by atoms with Crippen LogP contribution < -0.4 is 5.32 Å². The summed E-state index contributed by atoms with van der Waals surface area (Å²) in [6.07, 6.45) is 3.85. The molecule has 7 nitrogen and oxygen atoms in total. The van der Waals surface area contributed by atoms with Crippen LogP contribution in [-0.4, -0.2) is 41.5 Å². The van der Waals surface area contributed by atoms with E-state index in [2.05, 4.69) is 10.4 Å². The molecule has 1 amide bonds. The maximum absolute atomic E-state index is 13.1. The number of anilines is 1. The molecule has 1 fully saturated rings. The molecule has 1 N–H and O–H groups in total. The van der Waals surface area contributed by atoms with Crippen molar-refractivity contribution >= 4 is 21.6 Å². The number of carbonyl (C=O) groups excluding carboxylic acids is 1. The summed E-state index contributed by atoms with van der Waals surface area (Å²) in [6.45, 7) is 2.95. The molecule has 3 aromatic rings. The van der Waals surface area contributed by atoms with Crippen LogP contribution in [-0.2, 0) is 10.0 Å². The quantitative estimate of drug-likeness (QED) is 0.653. The molecule has 31 heavy (non-hydrogen) atoms. The minimum atomic E-state index is -3.58. The monoisotopic (exact) mass is 438 g/mol. The Labute approximate surface area is 182 Å². The van der Waals surface area contributed by atoms with Gasteiger partial charge in [0.15, 0.2) is 5.69 Å². The van der Waals surface area contributed by atoms with Crippen molar-refractivity contribution in [1.29, 1.82) is 0 Å². The molecule has 0 saturated carbocycles. The molecule has 1 aliphatic heterocycles. The fraction of sp³-hybridized carbons (Fsp3) is 0.304. The Bertz CT molecular complexity index is 1160. The Hall–Kier alpha value is -2.97. The van der Waals surface area contributed by atoms with Gasteiger partial charge in [-0.05, 0) is 56.2 Å². The fourth-order valence-corrected chi connectivity index (χ4v) is 5.34. The van der Waals surface area contributed by atoms with Crippen LogP contribution in [0.15, 0.2) is 65.6 Å². The highest BCUT2D eigenvalue weighted by Crippen LogP contribution is 2.23. The third-order valence-corrected chi connectivity index (χ3v) is 7.31. The van der Waals surface area contributed by atoms with Crippen LogP contribution in [0.2, 0.25) is 0 Å². The number of amides is 1. The summed E-state index contributed by atoms with van der Waals surface area (Å²) in [4.78, 5) is 13.0. The molecule has 4 rings (SSSR count). The molecule has 1 aromatic heterocycles. The molecule has 0 atom stereocenters. The Morgan fingerprint density at radius 2 is 1.65 bits per heavy atom. The van der Waals surface area contributed by atoms with Crippen molar-refractivity contribution in [2.24, 2.45) is 0 Å². The molecule has 2 heterocycles. The molecule has 8 heteroatoms. The topological polar surface area (TPSA) is 84.3 Å². The first-order chi connectivity index (χ1) is 14.9. The van der Waals surface area contributed by atoms with Crippen molar-refractivity contribution in [2.45, 2.75) is 37.5 Å². The van der Waals surface area contributed by atoms with Crippen LogP contribution in [0.25, 0.3) is 5.69 Å². The van der Waals surface area contributed by atoms with Gasteiger partial charge in [-0.2, -0.15) is 9.40 Å². The third-order valence-electron chi connectivity index (χ3n) is 5.42. The lowest BCUT2D eigenvalue weighted by atomic mass is 10.2. The number of para-hydroxylation sites is 1. The van der Waals surface area contributed by atoms with Gasteiger partial charge in [0, 0.05) is 24.5 Å². The number of nitrogens with one attached hydrogen (secondary N) is 1. The summed E-state index contributed by atoms with van der Waals surface area (Å²) in [6, 6.07) is 17.7. The summed E-state index contributed by atoms with van der Waals surface area (Å²) in [5.74, 6) is -0.387. The molecule has 0 aliphatic carbocycles. The average molecular weight is 439 g/mol. The molecule has 0 spiro atoms. The van der Waals surface area contributed by atoms with E-state index in [4.69, 9.17) is 0 Å². The maximum Gasteiger partial charge on any atom is 0.276 e. The summed E-state index contributed by atoms with van der Waals surface area (Å²) in [5, 5.41) is 7.19. The van der Waals surface area contributed by atoms with E-state index in [9.17, 15) is 13.2 Å². The number of sulfonamides is 1. The molecule has 2 aromatic carbocycles. The van der Waals surface area contributed by atoms with Crippen molar-refractivity contribution in [1.82, 2.24) is 14.1 Å². The van der Waals surface area contributed by atoms with Crippen molar-refractivity contribution in [3.63, 3.8) is 0 Å². The standard InChI is InChI=1S/C23H26N4O3S/c1-18-16-22(25-27(18)20-11-5-4-6-12-20)23(28)24-19-10-9-13-21(17-19)31(29,30)26-14-7-2-3-8-15-26/h4-6,9-13,16-17H,2-3,7-8,14-15H2,1H3,(H,24,28). The van der Waals surface area contributed by atoms with Gasteiger partial charge < -0.3 is 5.32 Å². The lowest BCUT2D eigenvalue weighted by Gasteiger charge is -2.20. The Morgan fingerprint density at radius 3 is 2.35 bits per heavy atom. The van der Waals surface area contributed by atoms with Crippen molar-refractivity contribution < 1.29 is 13.2 Å². The van der Waals surface area contributed by atoms with Crippen LogP contribution >= 0.6 is 0 Å². The summed E-state index contributed by atoms with van der Waals surface area (Å²) in [5.41, 5.74) is 2.38. The SMILES string of the molecule is Cc1cc(C(=O)Nc2cccc(S(=O)(=O)N3CCCCCC3)c2)nn1-c1ccccc1. The average Bonchev–Trinajstić information content (AvgIpc) is 2.98. The largest absolute Gasteiger partial charge is 0.321 e. The molecule has 0 bridgehead atoms. The smallest absolute Gasteiger partial charge is 0.276 e. The number of rotatable bonds is 5. The van der Waals surface area contributed by atoms with Gasteiger partial charge >= 0.3 is 0 Å². The van der Waals surface area contributed by atoms with E-state index in [0.29, 0.717) is 18.8 Å². The fourth-order valence-electron chi connectivity index (χ4n) is 3.78. The van der Waals surface area contributed by atoms with Gasteiger partial charge in [-0.25, -0.2) is 13.1 Å². The highest BCUT2D eigenvalue weighted by atomic mass is 32.2. The second-order valence-corrected chi connectivity index (χ2v) is 9.66. The molecule has 162 valence electrons. The number of carbonyl (C=O) groups is 1. The maximum atomic E-state index is 13.1. The zero-order valence-electron chi connectivity index (χ0n) is 17.5. The van der Waals surface area contributed by atoms with Crippen molar-refractivity contribution in [3.05, 3.63) is 72.1 Å². The third kappa shape index (κ3) is 4.70. The Kier molecular flexibility index (Phi) is 6.20. The van der Waals surface area contributed by atoms with Crippen molar-refractivity contribution in [2.75, 3.05) is 18.4 Å². The molecule has 1 aliphatic rings. The second-order valence-electron chi connectivity index (χ2n) is 7.72. The predicted octanol–water partition coefficient (Wildman–Crippen LogP) is 4.00. The van der Waals surface area contributed by atoms with E-state index >= 15 is 0 Å². The highest BCUT2D eigenvalue weighted by molar-refractivity contribution is 7.89. The van der Waals surface area contributed by atoms with E-state index in [1.165, 1.54) is 6.07 Å². The molecular formula is C23H26N4O3S. The van der Waals surface area contributed by atoms with Crippen LogP contribution in [0.3, 0.4) is 0 Å². The minimum Gasteiger partial charge on any atom is -0.321 e.